The van der Waals surface area contributed by atoms with Crippen LogP contribution in [0.4, 0.5) is 5.69 Å². The number of nitrogens with zero attached hydrogens (tertiary/aromatic N) is 2. The van der Waals surface area contributed by atoms with Crippen molar-refractivity contribution >= 4 is 5.69 Å². The Morgan fingerprint density at radius 3 is 2.79 bits per heavy atom. The second-order valence-electron chi connectivity index (χ2n) is 3.88. The molecule has 3 heteroatoms. The quantitative estimate of drug-likeness (QED) is 0.765. The molecular formula is C11H17N3. The predicted octanol–water partition coefficient (Wildman–Crippen LogP) is 1.26. The summed E-state index contributed by atoms with van der Waals surface area (Å²) in [4.78, 5) is 6.52. The van der Waals surface area contributed by atoms with Crippen molar-refractivity contribution in [3.05, 3.63) is 24.5 Å². The van der Waals surface area contributed by atoms with E-state index in [4.69, 9.17) is 5.73 Å². The summed E-state index contributed by atoms with van der Waals surface area (Å²) in [6, 6.07) is 4.11. The first kappa shape index (κ1) is 9.46. The first-order chi connectivity index (χ1) is 6.90. The highest BCUT2D eigenvalue weighted by molar-refractivity contribution is 5.43. The molecule has 0 radical (unpaired) electrons. The number of hydrogen-bond acceptors (Lipinski definition) is 3. The minimum Gasteiger partial charge on any atom is -0.370 e. The van der Waals surface area contributed by atoms with Gasteiger partial charge in [0.2, 0.25) is 0 Å². The van der Waals surface area contributed by atoms with Gasteiger partial charge in [0.25, 0.3) is 0 Å². The summed E-state index contributed by atoms with van der Waals surface area (Å²) in [7, 11) is 0. The Morgan fingerprint density at radius 1 is 1.43 bits per heavy atom. The largest absolute Gasteiger partial charge is 0.370 e. The summed E-state index contributed by atoms with van der Waals surface area (Å²) in [6.07, 6.45) is 6.18. The lowest BCUT2D eigenvalue weighted by atomic mass is 9.97. The Hall–Kier alpha value is -1.09. The Balaban J connectivity index is 1.96. The SMILES string of the molecule is NCC1CCN(c2cccnc2)CC1. The van der Waals surface area contributed by atoms with Gasteiger partial charge >= 0.3 is 0 Å². The fourth-order valence-electron chi connectivity index (χ4n) is 1.97. The molecule has 2 heterocycles. The normalized spacial score (nSPS) is 18.5. The van der Waals surface area contributed by atoms with Crippen LogP contribution in [0.5, 0.6) is 0 Å². The first-order valence-corrected chi connectivity index (χ1v) is 5.25. The molecule has 0 unspecified atom stereocenters. The van der Waals surface area contributed by atoms with Gasteiger partial charge in [0.1, 0.15) is 0 Å². The second-order valence-corrected chi connectivity index (χ2v) is 3.88. The van der Waals surface area contributed by atoms with Crippen LogP contribution in [0, 0.1) is 5.92 Å². The summed E-state index contributed by atoms with van der Waals surface area (Å²) in [5.74, 6) is 0.725. The maximum atomic E-state index is 5.66. The maximum absolute atomic E-state index is 5.66. The average Bonchev–Trinajstić information content (AvgIpc) is 2.30. The molecule has 0 atom stereocenters. The third kappa shape index (κ3) is 2.04. The number of piperidine rings is 1. The van der Waals surface area contributed by atoms with E-state index in [1.807, 2.05) is 18.5 Å². The summed E-state index contributed by atoms with van der Waals surface area (Å²) in [5.41, 5.74) is 6.90. The Labute approximate surface area is 84.9 Å². The fourth-order valence-corrected chi connectivity index (χ4v) is 1.97. The smallest absolute Gasteiger partial charge is 0.0552 e. The van der Waals surface area contributed by atoms with E-state index in [1.165, 1.54) is 18.5 Å². The highest BCUT2D eigenvalue weighted by Gasteiger charge is 2.17. The number of rotatable bonds is 2. The van der Waals surface area contributed by atoms with E-state index in [0.29, 0.717) is 0 Å². The molecule has 1 aliphatic rings. The van der Waals surface area contributed by atoms with Gasteiger partial charge < -0.3 is 10.6 Å². The molecule has 1 saturated heterocycles. The van der Waals surface area contributed by atoms with E-state index in [1.54, 1.807) is 0 Å². The van der Waals surface area contributed by atoms with Crippen LogP contribution in [0.2, 0.25) is 0 Å². The molecule has 14 heavy (non-hydrogen) atoms. The van der Waals surface area contributed by atoms with E-state index in [0.717, 1.165) is 25.6 Å². The molecule has 0 spiro atoms. The summed E-state index contributed by atoms with van der Waals surface area (Å²) in [5, 5.41) is 0. The average molecular weight is 191 g/mol. The van der Waals surface area contributed by atoms with Gasteiger partial charge in [-0.1, -0.05) is 0 Å². The highest BCUT2D eigenvalue weighted by Crippen LogP contribution is 2.21. The topological polar surface area (TPSA) is 42.1 Å². The lowest BCUT2D eigenvalue weighted by Crippen LogP contribution is -2.36. The van der Waals surface area contributed by atoms with Crippen LogP contribution >= 0.6 is 0 Å². The van der Waals surface area contributed by atoms with Crippen LogP contribution in [0.15, 0.2) is 24.5 Å². The van der Waals surface area contributed by atoms with Gasteiger partial charge in [-0.05, 0) is 37.4 Å². The molecule has 76 valence electrons. The first-order valence-electron chi connectivity index (χ1n) is 5.25. The van der Waals surface area contributed by atoms with Crippen molar-refractivity contribution in [1.29, 1.82) is 0 Å². The fraction of sp³-hybridized carbons (Fsp3) is 0.545. The van der Waals surface area contributed by atoms with E-state index < -0.39 is 0 Å². The number of nitrogens with two attached hydrogens (primary N) is 1. The Bertz CT molecular complexity index is 265. The van der Waals surface area contributed by atoms with Crippen molar-refractivity contribution in [2.45, 2.75) is 12.8 Å². The van der Waals surface area contributed by atoms with Gasteiger partial charge in [-0.25, -0.2) is 0 Å². The number of pyridine rings is 1. The monoisotopic (exact) mass is 191 g/mol. The molecule has 2 N–H and O–H groups in total. The minimum absolute atomic E-state index is 0.725. The molecule has 1 fully saturated rings. The van der Waals surface area contributed by atoms with E-state index in [-0.39, 0.29) is 0 Å². The van der Waals surface area contributed by atoms with Crippen molar-refractivity contribution in [2.24, 2.45) is 11.7 Å². The molecule has 1 aromatic heterocycles. The Kier molecular flexibility index (Phi) is 2.99. The molecule has 0 aromatic carbocycles. The molecule has 0 aliphatic carbocycles. The zero-order chi connectivity index (χ0) is 9.80. The lowest BCUT2D eigenvalue weighted by Gasteiger charge is -2.32. The van der Waals surface area contributed by atoms with Crippen molar-refractivity contribution in [3.63, 3.8) is 0 Å². The van der Waals surface area contributed by atoms with Gasteiger partial charge in [0.15, 0.2) is 0 Å². The second kappa shape index (κ2) is 4.42. The van der Waals surface area contributed by atoms with Crippen LogP contribution in [-0.2, 0) is 0 Å². The van der Waals surface area contributed by atoms with E-state index in [2.05, 4.69) is 16.0 Å². The molecule has 3 nitrogen and oxygen atoms in total. The predicted molar refractivity (Wildman–Crippen MR) is 58.2 cm³/mol. The number of aromatic nitrogens is 1. The molecule has 2 rings (SSSR count). The van der Waals surface area contributed by atoms with Crippen LogP contribution in [0.25, 0.3) is 0 Å². The van der Waals surface area contributed by atoms with Crippen molar-refractivity contribution in [1.82, 2.24) is 4.98 Å². The third-order valence-electron chi connectivity index (χ3n) is 2.96. The molecule has 0 amide bonds. The number of hydrogen-bond donors (Lipinski definition) is 1. The standard InChI is InChI=1S/C11H17N3/c12-8-10-3-6-14(7-4-10)11-2-1-5-13-9-11/h1-2,5,9-10H,3-4,6-8,12H2. The third-order valence-corrected chi connectivity index (χ3v) is 2.96. The van der Waals surface area contributed by atoms with Crippen LogP contribution in [-0.4, -0.2) is 24.6 Å². The Morgan fingerprint density at radius 2 is 2.21 bits per heavy atom. The molecule has 1 aromatic rings. The molecule has 0 saturated carbocycles. The zero-order valence-corrected chi connectivity index (χ0v) is 8.39. The lowest BCUT2D eigenvalue weighted by molar-refractivity contribution is 0.414. The van der Waals surface area contributed by atoms with Crippen molar-refractivity contribution in [3.8, 4) is 0 Å². The molecule has 0 bridgehead atoms. The van der Waals surface area contributed by atoms with E-state index in [9.17, 15) is 0 Å². The highest BCUT2D eigenvalue weighted by atomic mass is 15.1. The molecular weight excluding hydrogens is 174 g/mol. The van der Waals surface area contributed by atoms with Gasteiger partial charge in [-0.2, -0.15) is 0 Å². The van der Waals surface area contributed by atoms with Crippen LogP contribution < -0.4 is 10.6 Å². The van der Waals surface area contributed by atoms with E-state index >= 15 is 0 Å². The van der Waals surface area contributed by atoms with Crippen LogP contribution in [0.3, 0.4) is 0 Å². The van der Waals surface area contributed by atoms with Gasteiger partial charge in [-0.15, -0.1) is 0 Å². The summed E-state index contributed by atoms with van der Waals surface area (Å²) in [6.45, 7) is 3.07. The van der Waals surface area contributed by atoms with Crippen LogP contribution in [0.1, 0.15) is 12.8 Å². The van der Waals surface area contributed by atoms with Gasteiger partial charge in [0, 0.05) is 19.3 Å². The van der Waals surface area contributed by atoms with Gasteiger partial charge in [-0.3, -0.25) is 4.98 Å². The van der Waals surface area contributed by atoms with Gasteiger partial charge in [0.05, 0.1) is 11.9 Å². The summed E-state index contributed by atoms with van der Waals surface area (Å²) >= 11 is 0. The molecule has 1 aliphatic heterocycles. The van der Waals surface area contributed by atoms with Crippen molar-refractivity contribution < 1.29 is 0 Å². The summed E-state index contributed by atoms with van der Waals surface area (Å²) < 4.78 is 0. The zero-order valence-electron chi connectivity index (χ0n) is 8.39. The minimum atomic E-state index is 0.725. The maximum Gasteiger partial charge on any atom is 0.0552 e. The number of anilines is 1. The van der Waals surface area contributed by atoms with Crippen molar-refractivity contribution in [2.75, 3.05) is 24.5 Å².